The van der Waals surface area contributed by atoms with Gasteiger partial charge in [0.2, 0.25) is 11.4 Å². The molecule has 1 nitrogen and oxygen atoms in total. The molecule has 0 unspecified atom stereocenters. The molecule has 0 amide bonds. The highest BCUT2D eigenvalue weighted by Gasteiger charge is 2.33. The Hall–Kier alpha value is -3.19. The van der Waals surface area contributed by atoms with Crippen LogP contribution in [0.4, 0.5) is 0 Å². The third-order valence-corrected chi connectivity index (χ3v) is 4.68. The number of nitrogens with zero attached hydrogens (tertiary/aromatic N) is 1. The number of rotatable bonds is 1. The van der Waals surface area contributed by atoms with Crippen molar-refractivity contribution < 1.29 is 4.57 Å². The predicted molar refractivity (Wildman–Crippen MR) is 98.9 cm³/mol. The quantitative estimate of drug-likeness (QED) is 0.383. The molecular formula is C23H16N+. The minimum Gasteiger partial charge on any atom is -0.159 e. The maximum atomic E-state index is 2.31. The van der Waals surface area contributed by atoms with Gasteiger partial charge in [-0.25, -0.2) is 0 Å². The molecular weight excluding hydrogens is 290 g/mol. The van der Waals surface area contributed by atoms with Crippen LogP contribution >= 0.6 is 0 Å². The molecule has 0 aliphatic carbocycles. The smallest absolute Gasteiger partial charge is 0.159 e. The summed E-state index contributed by atoms with van der Waals surface area (Å²) >= 11 is 0. The topological polar surface area (TPSA) is 3.88 Å². The molecule has 0 saturated carbocycles. The van der Waals surface area contributed by atoms with Crippen molar-refractivity contribution in [1.82, 2.24) is 0 Å². The van der Waals surface area contributed by atoms with Crippen LogP contribution in [-0.2, 0) is 0 Å². The van der Waals surface area contributed by atoms with Crippen LogP contribution in [0.25, 0.3) is 28.1 Å². The van der Waals surface area contributed by atoms with Gasteiger partial charge in [-0.15, -0.1) is 0 Å². The van der Waals surface area contributed by atoms with Gasteiger partial charge in [0.15, 0.2) is 6.20 Å². The van der Waals surface area contributed by atoms with Gasteiger partial charge < -0.3 is 0 Å². The number of hydrogen-bond acceptors (Lipinski definition) is 0. The summed E-state index contributed by atoms with van der Waals surface area (Å²) in [6.07, 6.45) is 4.48. The van der Waals surface area contributed by atoms with E-state index in [1.165, 1.54) is 38.9 Å². The van der Waals surface area contributed by atoms with Crippen LogP contribution in [0.2, 0.25) is 0 Å². The van der Waals surface area contributed by atoms with Crippen molar-refractivity contribution >= 4 is 22.4 Å². The van der Waals surface area contributed by atoms with Gasteiger partial charge in [0.25, 0.3) is 0 Å². The van der Waals surface area contributed by atoms with Crippen molar-refractivity contribution in [3.8, 4) is 5.69 Å². The first-order chi connectivity index (χ1) is 11.9. The number of aromatic nitrogens is 1. The van der Waals surface area contributed by atoms with Crippen LogP contribution in [0.1, 0.15) is 16.8 Å². The SMILES string of the molecule is C(=C1c2ccccc2-[n+]2ccc3ccccc3c21)c1ccccc1. The first kappa shape index (κ1) is 13.3. The first-order valence-electron chi connectivity index (χ1n) is 8.22. The van der Waals surface area contributed by atoms with E-state index in [9.17, 15) is 0 Å². The standard InChI is InChI=1S/C23H16N/c1-2-8-17(9-3-1)16-21-20-12-6-7-13-22(20)24-15-14-18-10-4-5-11-19(18)23(21)24/h1-16H/q+1. The third-order valence-electron chi connectivity index (χ3n) is 4.68. The molecule has 1 aliphatic heterocycles. The lowest BCUT2D eigenvalue weighted by Crippen LogP contribution is -2.30. The maximum absolute atomic E-state index is 2.31. The lowest BCUT2D eigenvalue weighted by molar-refractivity contribution is -0.592. The fourth-order valence-electron chi connectivity index (χ4n) is 3.59. The van der Waals surface area contributed by atoms with Crippen molar-refractivity contribution in [2.45, 2.75) is 0 Å². The molecule has 112 valence electrons. The minimum absolute atomic E-state index is 1.23. The number of benzene rings is 3. The molecule has 5 rings (SSSR count). The fraction of sp³-hybridized carbons (Fsp3) is 0. The van der Waals surface area contributed by atoms with Gasteiger partial charge in [-0.2, -0.15) is 4.57 Å². The summed E-state index contributed by atoms with van der Waals surface area (Å²) in [5.74, 6) is 0. The third kappa shape index (κ3) is 1.92. The Balaban J connectivity index is 1.88. The van der Waals surface area contributed by atoms with Gasteiger partial charge in [-0.05, 0) is 29.2 Å². The second kappa shape index (κ2) is 5.17. The zero-order valence-corrected chi connectivity index (χ0v) is 13.2. The molecule has 0 N–H and O–H groups in total. The predicted octanol–water partition coefficient (Wildman–Crippen LogP) is 5.02. The summed E-state index contributed by atoms with van der Waals surface area (Å²) < 4.78 is 2.31. The lowest BCUT2D eigenvalue weighted by atomic mass is 9.98. The molecule has 1 aliphatic rings. The molecule has 4 aromatic rings. The number of fused-ring (bicyclic) bond motifs is 5. The van der Waals surface area contributed by atoms with Gasteiger partial charge >= 0.3 is 0 Å². The normalized spacial score (nSPS) is 13.9. The second-order valence-corrected chi connectivity index (χ2v) is 6.11. The zero-order chi connectivity index (χ0) is 15.9. The molecule has 2 heterocycles. The highest BCUT2D eigenvalue weighted by molar-refractivity contribution is 6.02. The summed E-state index contributed by atoms with van der Waals surface area (Å²) in [7, 11) is 0. The fourth-order valence-corrected chi connectivity index (χ4v) is 3.59. The molecule has 0 spiro atoms. The van der Waals surface area contributed by atoms with E-state index >= 15 is 0 Å². The highest BCUT2D eigenvalue weighted by atomic mass is 15.0. The van der Waals surface area contributed by atoms with Crippen molar-refractivity contribution in [2.75, 3.05) is 0 Å². The van der Waals surface area contributed by atoms with Crippen LogP contribution in [0, 0.1) is 0 Å². The molecule has 0 fully saturated rings. The van der Waals surface area contributed by atoms with Gasteiger partial charge in [-0.3, -0.25) is 0 Å². The summed E-state index contributed by atoms with van der Waals surface area (Å²) in [5.41, 5.74) is 6.33. The number of hydrogen-bond donors (Lipinski definition) is 0. The molecule has 24 heavy (non-hydrogen) atoms. The molecule has 0 atom stereocenters. The maximum Gasteiger partial charge on any atom is 0.227 e. The molecule has 1 heteroatoms. The van der Waals surface area contributed by atoms with E-state index in [4.69, 9.17) is 0 Å². The highest BCUT2D eigenvalue weighted by Crippen LogP contribution is 2.36. The van der Waals surface area contributed by atoms with Crippen molar-refractivity contribution in [3.05, 3.63) is 108 Å². The van der Waals surface area contributed by atoms with E-state index in [-0.39, 0.29) is 0 Å². The van der Waals surface area contributed by atoms with E-state index in [1.807, 2.05) is 0 Å². The second-order valence-electron chi connectivity index (χ2n) is 6.11. The Kier molecular flexibility index (Phi) is 2.86. The van der Waals surface area contributed by atoms with Crippen LogP contribution < -0.4 is 4.57 Å². The van der Waals surface area contributed by atoms with Crippen molar-refractivity contribution in [1.29, 1.82) is 0 Å². The van der Waals surface area contributed by atoms with Crippen LogP contribution in [-0.4, -0.2) is 0 Å². The van der Waals surface area contributed by atoms with E-state index in [2.05, 4.69) is 102 Å². The van der Waals surface area contributed by atoms with E-state index < -0.39 is 0 Å². The average Bonchev–Trinajstić information content (AvgIpc) is 2.97. The Morgan fingerprint density at radius 1 is 0.667 bits per heavy atom. The summed E-state index contributed by atoms with van der Waals surface area (Å²) in [6.45, 7) is 0. The monoisotopic (exact) mass is 306 g/mol. The molecule has 1 aromatic heterocycles. The molecule has 0 bridgehead atoms. The first-order valence-corrected chi connectivity index (χ1v) is 8.22. The van der Waals surface area contributed by atoms with Crippen molar-refractivity contribution in [2.24, 2.45) is 0 Å². The number of pyridine rings is 1. The Labute approximate surface area is 141 Å². The molecule has 0 saturated heterocycles. The van der Waals surface area contributed by atoms with Crippen LogP contribution in [0.5, 0.6) is 0 Å². The van der Waals surface area contributed by atoms with Gasteiger partial charge in [0.1, 0.15) is 0 Å². The molecule has 3 aromatic carbocycles. The molecule has 0 radical (unpaired) electrons. The summed E-state index contributed by atoms with van der Waals surface area (Å²) in [4.78, 5) is 0. The van der Waals surface area contributed by atoms with Crippen molar-refractivity contribution in [3.63, 3.8) is 0 Å². The van der Waals surface area contributed by atoms with Gasteiger partial charge in [0, 0.05) is 12.1 Å². The Morgan fingerprint density at radius 2 is 1.42 bits per heavy atom. The van der Waals surface area contributed by atoms with Crippen LogP contribution in [0.3, 0.4) is 0 Å². The van der Waals surface area contributed by atoms with Gasteiger partial charge in [0.05, 0.1) is 16.5 Å². The largest absolute Gasteiger partial charge is 0.227 e. The summed E-state index contributed by atoms with van der Waals surface area (Å²) in [5, 5.41) is 2.56. The Morgan fingerprint density at radius 3 is 2.33 bits per heavy atom. The minimum atomic E-state index is 1.23. The summed E-state index contributed by atoms with van der Waals surface area (Å²) in [6, 6.07) is 30.0. The zero-order valence-electron chi connectivity index (χ0n) is 13.2. The van der Waals surface area contributed by atoms with Crippen LogP contribution in [0.15, 0.2) is 91.1 Å². The van der Waals surface area contributed by atoms with E-state index in [0.717, 1.165) is 0 Å². The van der Waals surface area contributed by atoms with Gasteiger partial charge in [-0.1, -0.05) is 60.7 Å². The Bertz CT molecular complexity index is 1090. The van der Waals surface area contributed by atoms with E-state index in [1.54, 1.807) is 0 Å². The number of para-hydroxylation sites is 1. The lowest BCUT2D eigenvalue weighted by Gasteiger charge is -2.01. The average molecular weight is 306 g/mol. The van der Waals surface area contributed by atoms with E-state index in [0.29, 0.717) is 0 Å².